The van der Waals surface area contributed by atoms with Crippen molar-refractivity contribution in [3.63, 3.8) is 0 Å². The molecule has 1 aromatic rings. The van der Waals surface area contributed by atoms with E-state index >= 15 is 0 Å². The zero-order valence-electron chi connectivity index (χ0n) is 17.9. The molecule has 1 aromatic heterocycles. The first kappa shape index (κ1) is 23.1. The van der Waals surface area contributed by atoms with Crippen molar-refractivity contribution in [3.8, 4) is 0 Å². The highest BCUT2D eigenvalue weighted by atomic mass is 32.1. The number of ether oxygens (including phenoxy) is 1. The maximum atomic E-state index is 12.5. The van der Waals surface area contributed by atoms with Crippen molar-refractivity contribution in [1.29, 1.82) is 0 Å². The molecular formula is C22H36N2O2S2. The second-order valence-electron chi connectivity index (χ2n) is 7.88. The van der Waals surface area contributed by atoms with E-state index in [0.717, 1.165) is 55.3 Å². The molecule has 0 saturated heterocycles. The van der Waals surface area contributed by atoms with Gasteiger partial charge in [-0.1, -0.05) is 46.5 Å². The van der Waals surface area contributed by atoms with Gasteiger partial charge in [-0.2, -0.15) is 0 Å². The van der Waals surface area contributed by atoms with Crippen LogP contribution in [0.4, 0.5) is 5.00 Å². The van der Waals surface area contributed by atoms with E-state index < -0.39 is 0 Å². The van der Waals surface area contributed by atoms with E-state index in [2.05, 4.69) is 31.0 Å². The van der Waals surface area contributed by atoms with Crippen molar-refractivity contribution in [2.24, 2.45) is 5.92 Å². The highest BCUT2D eigenvalue weighted by Crippen LogP contribution is 2.40. The Morgan fingerprint density at radius 2 is 1.86 bits per heavy atom. The minimum absolute atomic E-state index is 0.249. The third kappa shape index (κ3) is 6.18. The molecule has 0 saturated carbocycles. The van der Waals surface area contributed by atoms with E-state index in [1.165, 1.54) is 43.2 Å². The molecule has 0 amide bonds. The maximum absolute atomic E-state index is 12.5. The molecule has 0 spiro atoms. The van der Waals surface area contributed by atoms with Gasteiger partial charge in [0, 0.05) is 18.0 Å². The number of methoxy groups -OCH3 is 1. The molecule has 1 atom stereocenters. The Morgan fingerprint density at radius 1 is 1.21 bits per heavy atom. The highest BCUT2D eigenvalue weighted by Gasteiger charge is 2.29. The van der Waals surface area contributed by atoms with Crippen molar-refractivity contribution in [2.75, 3.05) is 25.5 Å². The molecule has 1 aliphatic rings. The third-order valence-electron chi connectivity index (χ3n) is 5.47. The van der Waals surface area contributed by atoms with E-state index in [9.17, 15) is 4.79 Å². The molecule has 6 heteroatoms. The van der Waals surface area contributed by atoms with Gasteiger partial charge in [-0.15, -0.1) is 11.3 Å². The van der Waals surface area contributed by atoms with Gasteiger partial charge in [0.15, 0.2) is 5.11 Å². The second kappa shape index (κ2) is 11.8. The summed E-state index contributed by atoms with van der Waals surface area (Å²) in [6.45, 7) is 8.66. The number of rotatable bonds is 10. The predicted octanol–water partition coefficient (Wildman–Crippen LogP) is 6.04. The van der Waals surface area contributed by atoms with Crippen LogP contribution in [0.25, 0.3) is 0 Å². The van der Waals surface area contributed by atoms with Crippen molar-refractivity contribution in [1.82, 2.24) is 4.90 Å². The number of nitrogens with zero attached hydrogens (tertiary/aromatic N) is 1. The van der Waals surface area contributed by atoms with Gasteiger partial charge < -0.3 is 15.0 Å². The summed E-state index contributed by atoms with van der Waals surface area (Å²) in [5.74, 6) is 0.414. The zero-order chi connectivity index (χ0) is 20.5. The molecule has 1 heterocycles. The molecule has 0 aromatic carbocycles. The normalized spacial score (nSPS) is 15.8. The number of unbranched alkanes of at least 4 members (excludes halogenated alkanes) is 4. The zero-order valence-corrected chi connectivity index (χ0v) is 19.6. The average Bonchev–Trinajstić information content (AvgIpc) is 3.03. The summed E-state index contributed by atoms with van der Waals surface area (Å²) < 4.78 is 5.10. The van der Waals surface area contributed by atoms with E-state index in [4.69, 9.17) is 17.0 Å². The molecule has 0 aliphatic heterocycles. The van der Waals surface area contributed by atoms with Crippen LogP contribution in [0, 0.1) is 5.92 Å². The smallest absolute Gasteiger partial charge is 0.341 e. The number of fused-ring (bicyclic) bond motifs is 1. The van der Waals surface area contributed by atoms with Gasteiger partial charge in [0.2, 0.25) is 0 Å². The fraction of sp³-hybridized carbons (Fsp3) is 0.727. The van der Waals surface area contributed by atoms with E-state index in [1.54, 1.807) is 11.3 Å². The molecule has 28 heavy (non-hydrogen) atoms. The van der Waals surface area contributed by atoms with Crippen molar-refractivity contribution in [3.05, 3.63) is 16.0 Å². The van der Waals surface area contributed by atoms with Gasteiger partial charge in [0.05, 0.1) is 12.7 Å². The Labute approximate surface area is 180 Å². The van der Waals surface area contributed by atoms with Crippen LogP contribution >= 0.6 is 23.6 Å². The number of thiocarbonyl (C=S) groups is 1. The Bertz CT molecular complexity index is 647. The maximum Gasteiger partial charge on any atom is 0.341 e. The Hall–Kier alpha value is -1.14. The van der Waals surface area contributed by atoms with Gasteiger partial charge in [-0.3, -0.25) is 0 Å². The largest absolute Gasteiger partial charge is 0.465 e. The number of hydrogen-bond donors (Lipinski definition) is 1. The van der Waals surface area contributed by atoms with Crippen LogP contribution in [0.2, 0.25) is 0 Å². The van der Waals surface area contributed by atoms with Crippen LogP contribution < -0.4 is 5.32 Å². The van der Waals surface area contributed by atoms with Crippen LogP contribution in [-0.4, -0.2) is 36.2 Å². The number of carbonyl (C=O) groups is 1. The quantitative estimate of drug-likeness (QED) is 0.282. The van der Waals surface area contributed by atoms with Crippen LogP contribution in [0.15, 0.2) is 0 Å². The van der Waals surface area contributed by atoms with E-state index in [0.29, 0.717) is 11.5 Å². The molecule has 158 valence electrons. The summed E-state index contributed by atoms with van der Waals surface area (Å²) in [5, 5.41) is 5.03. The van der Waals surface area contributed by atoms with Gasteiger partial charge in [0.1, 0.15) is 5.00 Å². The predicted molar refractivity (Wildman–Crippen MR) is 124 cm³/mol. The summed E-state index contributed by atoms with van der Waals surface area (Å²) in [6, 6.07) is 0. The van der Waals surface area contributed by atoms with Gasteiger partial charge in [-0.25, -0.2) is 4.79 Å². The molecule has 0 fully saturated rings. The third-order valence-corrected chi connectivity index (χ3v) is 7.00. The number of thiophene rings is 1. The highest BCUT2D eigenvalue weighted by molar-refractivity contribution is 7.80. The second-order valence-corrected chi connectivity index (χ2v) is 9.37. The molecular weight excluding hydrogens is 388 g/mol. The fourth-order valence-electron chi connectivity index (χ4n) is 3.75. The monoisotopic (exact) mass is 424 g/mol. The Balaban J connectivity index is 2.18. The van der Waals surface area contributed by atoms with E-state index in [-0.39, 0.29) is 5.97 Å². The topological polar surface area (TPSA) is 41.6 Å². The fourth-order valence-corrected chi connectivity index (χ4v) is 5.50. The minimum Gasteiger partial charge on any atom is -0.465 e. The molecule has 0 radical (unpaired) electrons. The van der Waals surface area contributed by atoms with Crippen molar-refractivity contribution < 1.29 is 9.53 Å². The lowest BCUT2D eigenvalue weighted by molar-refractivity contribution is 0.0601. The number of anilines is 1. The van der Waals surface area contributed by atoms with Crippen molar-refractivity contribution in [2.45, 2.75) is 78.6 Å². The molecule has 1 unspecified atom stereocenters. The lowest BCUT2D eigenvalue weighted by Gasteiger charge is -2.26. The van der Waals surface area contributed by atoms with Crippen molar-refractivity contribution >= 4 is 39.6 Å². The van der Waals surface area contributed by atoms with Crippen LogP contribution in [0.5, 0.6) is 0 Å². The van der Waals surface area contributed by atoms with Gasteiger partial charge >= 0.3 is 5.97 Å². The first-order valence-electron chi connectivity index (χ1n) is 10.8. The number of hydrogen-bond acceptors (Lipinski definition) is 4. The standard InChI is InChI=1S/C22H36N2O2S2/c1-5-7-9-13-24(14-10-8-6-2)22(27)23-20-19(21(25)26-4)17-12-11-16(3)15-18(17)28-20/h16H,5-15H2,1-4H3,(H,23,27). The Morgan fingerprint density at radius 3 is 2.43 bits per heavy atom. The summed E-state index contributed by atoms with van der Waals surface area (Å²) >= 11 is 7.46. The van der Waals surface area contributed by atoms with Gasteiger partial charge in [-0.05, 0) is 55.8 Å². The molecule has 4 nitrogen and oxygen atoms in total. The van der Waals surface area contributed by atoms with Crippen LogP contribution in [0.3, 0.4) is 0 Å². The first-order chi connectivity index (χ1) is 13.5. The number of carbonyl (C=O) groups excluding carboxylic acids is 1. The summed E-state index contributed by atoms with van der Waals surface area (Å²) in [5.41, 5.74) is 1.88. The lowest BCUT2D eigenvalue weighted by Crippen LogP contribution is -2.36. The molecule has 1 aliphatic carbocycles. The van der Waals surface area contributed by atoms with Crippen LogP contribution in [0.1, 0.15) is 86.5 Å². The van der Waals surface area contributed by atoms with Gasteiger partial charge in [0.25, 0.3) is 0 Å². The molecule has 1 N–H and O–H groups in total. The average molecular weight is 425 g/mol. The van der Waals surface area contributed by atoms with Crippen LogP contribution in [-0.2, 0) is 17.6 Å². The summed E-state index contributed by atoms with van der Waals surface area (Å²) in [7, 11) is 1.46. The first-order valence-corrected chi connectivity index (χ1v) is 12.0. The number of nitrogens with one attached hydrogen (secondary N) is 1. The summed E-state index contributed by atoms with van der Waals surface area (Å²) in [4.78, 5) is 16.1. The molecule has 0 bridgehead atoms. The lowest BCUT2D eigenvalue weighted by atomic mass is 9.88. The Kier molecular flexibility index (Phi) is 9.72. The number of esters is 1. The SMILES string of the molecule is CCCCCN(CCCCC)C(=S)Nc1sc2c(c1C(=O)OC)CCC(C)C2. The summed E-state index contributed by atoms with van der Waals surface area (Å²) in [6.07, 6.45) is 10.2. The molecule has 2 rings (SSSR count). The van der Waals surface area contributed by atoms with E-state index in [1.807, 2.05) is 0 Å². The minimum atomic E-state index is -0.249.